The Morgan fingerprint density at radius 2 is 2.09 bits per heavy atom. The fourth-order valence-corrected chi connectivity index (χ4v) is 2.77. The Kier molecular flexibility index (Phi) is 6.18. The molecule has 0 saturated heterocycles. The Labute approximate surface area is 147 Å². The highest BCUT2D eigenvalue weighted by Crippen LogP contribution is 2.28. The molecule has 1 aliphatic rings. The van der Waals surface area contributed by atoms with Gasteiger partial charge in [0.05, 0.1) is 11.4 Å². The van der Waals surface area contributed by atoms with Gasteiger partial charge in [-0.15, -0.1) is 24.8 Å². The average Bonchev–Trinajstić information content (AvgIpc) is 3.02. The van der Waals surface area contributed by atoms with Gasteiger partial charge in [-0.2, -0.15) is 0 Å². The summed E-state index contributed by atoms with van der Waals surface area (Å²) in [7, 11) is 0. The van der Waals surface area contributed by atoms with Gasteiger partial charge in [0.2, 0.25) is 0 Å². The molecule has 0 amide bonds. The molecule has 0 aliphatic heterocycles. The molecular weight excluding hydrogens is 335 g/mol. The summed E-state index contributed by atoms with van der Waals surface area (Å²) in [5, 5.41) is 7.66. The molecule has 1 aromatic heterocycles. The standard InChI is InChI=1S/C15H18N6.2ClH/c1-2-11-14(21-15(18)20-11)19-12-7-6-8-9(12)4-3-5-10(8)13(16)17;;/h3-5H,2,6-7H2,1H3,(H3,16,17)(H3,18,20,21);2*1H. The smallest absolute Gasteiger partial charge is 0.199 e. The van der Waals surface area contributed by atoms with E-state index in [2.05, 4.69) is 9.97 Å². The number of benzene rings is 1. The summed E-state index contributed by atoms with van der Waals surface area (Å²) in [6.07, 6.45) is 2.47. The number of nitrogens with two attached hydrogens (primary N) is 2. The first kappa shape index (κ1) is 19.0. The van der Waals surface area contributed by atoms with Crippen molar-refractivity contribution in [3.05, 3.63) is 40.6 Å². The number of rotatable bonds is 3. The van der Waals surface area contributed by atoms with Gasteiger partial charge in [0.1, 0.15) is 5.84 Å². The lowest BCUT2D eigenvalue weighted by Gasteiger charge is -2.06. The highest BCUT2D eigenvalue weighted by atomic mass is 35.5. The lowest BCUT2D eigenvalue weighted by Crippen LogP contribution is -2.13. The monoisotopic (exact) mass is 354 g/mol. The van der Waals surface area contributed by atoms with E-state index in [0.29, 0.717) is 5.95 Å². The van der Waals surface area contributed by atoms with Gasteiger partial charge in [-0.05, 0) is 30.4 Å². The molecule has 0 radical (unpaired) electrons. The number of hydrogen-bond donors (Lipinski definition) is 4. The Morgan fingerprint density at radius 1 is 1.35 bits per heavy atom. The van der Waals surface area contributed by atoms with Crippen LogP contribution in [0.2, 0.25) is 0 Å². The Balaban J connectivity index is 0.00000132. The van der Waals surface area contributed by atoms with Crippen LogP contribution in [0.3, 0.4) is 0 Å². The SMILES string of the molecule is CCc1nc(N)[nH]c1N=C1CCc2c(C(=N)N)cccc21.Cl.Cl. The van der Waals surface area contributed by atoms with Crippen molar-refractivity contribution < 1.29 is 0 Å². The van der Waals surface area contributed by atoms with Crippen LogP contribution in [-0.4, -0.2) is 21.5 Å². The van der Waals surface area contributed by atoms with Crippen LogP contribution in [0.5, 0.6) is 0 Å². The van der Waals surface area contributed by atoms with Crippen molar-refractivity contribution >= 4 is 48.1 Å². The molecule has 2 aromatic rings. The number of hydrogen-bond acceptors (Lipinski definition) is 4. The number of nitrogens with one attached hydrogen (secondary N) is 2. The zero-order valence-corrected chi connectivity index (χ0v) is 14.4. The predicted molar refractivity (Wildman–Crippen MR) is 98.9 cm³/mol. The van der Waals surface area contributed by atoms with Gasteiger partial charge in [-0.25, -0.2) is 9.98 Å². The zero-order chi connectivity index (χ0) is 15.0. The van der Waals surface area contributed by atoms with E-state index < -0.39 is 0 Å². The first-order valence-corrected chi connectivity index (χ1v) is 6.98. The molecule has 3 rings (SSSR count). The van der Waals surface area contributed by atoms with Gasteiger partial charge in [0, 0.05) is 5.56 Å². The van der Waals surface area contributed by atoms with Gasteiger partial charge in [0.15, 0.2) is 11.8 Å². The highest BCUT2D eigenvalue weighted by molar-refractivity contribution is 6.09. The van der Waals surface area contributed by atoms with Crippen molar-refractivity contribution in [2.75, 3.05) is 5.73 Å². The molecule has 1 aromatic carbocycles. The van der Waals surface area contributed by atoms with E-state index in [0.717, 1.165) is 53.2 Å². The van der Waals surface area contributed by atoms with Crippen LogP contribution >= 0.6 is 24.8 Å². The summed E-state index contributed by atoms with van der Waals surface area (Å²) in [6, 6.07) is 5.83. The molecule has 23 heavy (non-hydrogen) atoms. The number of halogens is 2. The molecule has 0 bridgehead atoms. The number of nitrogens with zero attached hydrogens (tertiary/aromatic N) is 2. The molecule has 124 valence electrons. The van der Waals surface area contributed by atoms with Crippen LogP contribution in [-0.2, 0) is 12.8 Å². The van der Waals surface area contributed by atoms with E-state index in [1.807, 2.05) is 25.1 Å². The minimum absolute atomic E-state index is 0. The number of aliphatic imine (C=N–C) groups is 1. The van der Waals surface area contributed by atoms with Gasteiger partial charge in [-0.3, -0.25) is 5.41 Å². The van der Waals surface area contributed by atoms with E-state index in [9.17, 15) is 0 Å². The molecule has 0 spiro atoms. The highest BCUT2D eigenvalue weighted by Gasteiger charge is 2.22. The molecule has 0 atom stereocenters. The summed E-state index contributed by atoms with van der Waals surface area (Å²) in [5.74, 6) is 1.22. The lowest BCUT2D eigenvalue weighted by molar-refractivity contribution is 1.06. The van der Waals surface area contributed by atoms with Crippen molar-refractivity contribution in [3.63, 3.8) is 0 Å². The third-order valence-corrected chi connectivity index (χ3v) is 3.75. The first-order valence-electron chi connectivity index (χ1n) is 6.98. The van der Waals surface area contributed by atoms with Crippen molar-refractivity contribution in [1.29, 1.82) is 5.41 Å². The normalized spacial score (nSPS) is 14.0. The van der Waals surface area contributed by atoms with Crippen LogP contribution in [0.1, 0.15) is 35.7 Å². The number of aromatic amines is 1. The molecule has 1 aliphatic carbocycles. The van der Waals surface area contributed by atoms with E-state index in [1.54, 1.807) is 0 Å². The van der Waals surface area contributed by atoms with Crippen LogP contribution in [0.4, 0.5) is 11.8 Å². The number of aromatic nitrogens is 2. The van der Waals surface area contributed by atoms with Crippen molar-refractivity contribution in [2.45, 2.75) is 26.2 Å². The molecule has 1 heterocycles. The molecule has 6 N–H and O–H groups in total. The largest absolute Gasteiger partial charge is 0.384 e. The molecule has 0 unspecified atom stereocenters. The lowest BCUT2D eigenvalue weighted by atomic mass is 10.0. The van der Waals surface area contributed by atoms with Crippen LogP contribution in [0.15, 0.2) is 23.2 Å². The second kappa shape index (κ2) is 7.48. The summed E-state index contributed by atoms with van der Waals surface area (Å²) in [4.78, 5) is 11.9. The second-order valence-corrected chi connectivity index (χ2v) is 5.07. The quantitative estimate of drug-likeness (QED) is 0.501. The zero-order valence-electron chi connectivity index (χ0n) is 12.7. The topological polar surface area (TPSA) is 117 Å². The van der Waals surface area contributed by atoms with Gasteiger partial charge in [-0.1, -0.05) is 25.1 Å². The van der Waals surface area contributed by atoms with E-state index in [-0.39, 0.29) is 30.6 Å². The third kappa shape index (κ3) is 3.48. The first-order chi connectivity index (χ1) is 10.1. The average molecular weight is 355 g/mol. The van der Waals surface area contributed by atoms with Crippen LogP contribution in [0, 0.1) is 5.41 Å². The number of nitrogen functional groups attached to an aromatic ring is 2. The van der Waals surface area contributed by atoms with Crippen LogP contribution in [0.25, 0.3) is 0 Å². The molecule has 0 saturated carbocycles. The summed E-state index contributed by atoms with van der Waals surface area (Å²) < 4.78 is 0. The van der Waals surface area contributed by atoms with Gasteiger partial charge >= 0.3 is 0 Å². The fourth-order valence-electron chi connectivity index (χ4n) is 2.77. The van der Waals surface area contributed by atoms with Crippen molar-refractivity contribution in [2.24, 2.45) is 10.7 Å². The Morgan fingerprint density at radius 3 is 2.74 bits per heavy atom. The maximum absolute atomic E-state index is 7.66. The number of amidine groups is 1. The van der Waals surface area contributed by atoms with Crippen LogP contribution < -0.4 is 11.5 Å². The van der Waals surface area contributed by atoms with E-state index in [1.165, 1.54) is 0 Å². The fraction of sp³-hybridized carbons (Fsp3) is 0.267. The number of imidazole rings is 1. The van der Waals surface area contributed by atoms with Gasteiger partial charge < -0.3 is 16.5 Å². The maximum atomic E-state index is 7.66. The van der Waals surface area contributed by atoms with Crippen molar-refractivity contribution in [1.82, 2.24) is 9.97 Å². The third-order valence-electron chi connectivity index (χ3n) is 3.75. The minimum atomic E-state index is 0. The number of H-pyrrole nitrogens is 1. The second-order valence-electron chi connectivity index (χ2n) is 5.07. The number of fused-ring (bicyclic) bond motifs is 1. The Hall–Kier alpha value is -2.05. The maximum Gasteiger partial charge on any atom is 0.199 e. The van der Waals surface area contributed by atoms with Gasteiger partial charge in [0.25, 0.3) is 0 Å². The van der Waals surface area contributed by atoms with E-state index in [4.69, 9.17) is 21.9 Å². The number of anilines is 1. The Bertz CT molecular complexity index is 750. The van der Waals surface area contributed by atoms with E-state index >= 15 is 0 Å². The summed E-state index contributed by atoms with van der Waals surface area (Å²) >= 11 is 0. The molecule has 8 heteroatoms. The molecule has 0 fully saturated rings. The predicted octanol–water partition coefficient (Wildman–Crippen LogP) is 2.75. The summed E-state index contributed by atoms with van der Waals surface area (Å²) in [6.45, 7) is 2.02. The minimum Gasteiger partial charge on any atom is -0.384 e. The summed E-state index contributed by atoms with van der Waals surface area (Å²) in [5.41, 5.74) is 16.2. The van der Waals surface area contributed by atoms with Crippen molar-refractivity contribution in [3.8, 4) is 0 Å². The number of aryl methyl sites for hydroxylation is 1. The molecule has 6 nitrogen and oxygen atoms in total. The molecular formula is C15H20Cl2N6.